The maximum Gasteiger partial charge on any atom is 0.251 e. The van der Waals surface area contributed by atoms with E-state index >= 15 is 0 Å². The number of carbonyl (C=O) groups is 1. The van der Waals surface area contributed by atoms with Crippen molar-refractivity contribution in [1.29, 1.82) is 0 Å². The van der Waals surface area contributed by atoms with Crippen molar-refractivity contribution in [2.75, 3.05) is 0 Å². The van der Waals surface area contributed by atoms with Crippen molar-refractivity contribution in [2.45, 2.75) is 39.2 Å². The van der Waals surface area contributed by atoms with E-state index in [1.165, 1.54) is 23.5 Å². The Kier molecular flexibility index (Phi) is 6.01. The summed E-state index contributed by atoms with van der Waals surface area (Å²) in [5.74, 6) is -0.0963. The molecule has 5 nitrogen and oxygen atoms in total. The van der Waals surface area contributed by atoms with Crippen molar-refractivity contribution in [2.24, 2.45) is 5.92 Å². The molecular formula is C20H22FN3O2S. The predicted molar refractivity (Wildman–Crippen MR) is 105 cm³/mol. The molecule has 0 aliphatic carbocycles. The number of benzene rings is 1. The van der Waals surface area contributed by atoms with Crippen molar-refractivity contribution in [3.8, 4) is 0 Å². The van der Waals surface area contributed by atoms with Gasteiger partial charge in [-0.05, 0) is 48.4 Å². The van der Waals surface area contributed by atoms with Crippen molar-refractivity contribution in [1.82, 2.24) is 15.3 Å². The third-order valence-electron chi connectivity index (χ3n) is 4.30. The second-order valence-corrected chi connectivity index (χ2v) is 7.90. The first-order valence-corrected chi connectivity index (χ1v) is 9.80. The van der Waals surface area contributed by atoms with Crippen LogP contribution in [-0.4, -0.2) is 15.9 Å². The van der Waals surface area contributed by atoms with E-state index < -0.39 is 5.82 Å². The maximum atomic E-state index is 13.3. The van der Waals surface area contributed by atoms with Gasteiger partial charge in [-0.3, -0.25) is 9.59 Å². The van der Waals surface area contributed by atoms with Gasteiger partial charge < -0.3 is 10.3 Å². The molecule has 27 heavy (non-hydrogen) atoms. The molecule has 2 aromatic heterocycles. The SMILES string of the molecule is CC(C)CC(NC(=O)CCc1cc2ccc(F)cc2[nH]c1=O)c1nccs1. The minimum atomic E-state index is -0.399. The van der Waals surface area contributed by atoms with Gasteiger partial charge in [-0.15, -0.1) is 11.3 Å². The van der Waals surface area contributed by atoms with E-state index in [-0.39, 0.29) is 23.9 Å². The quantitative estimate of drug-likeness (QED) is 0.644. The van der Waals surface area contributed by atoms with E-state index in [0.29, 0.717) is 23.4 Å². The Bertz CT molecular complexity index is 983. The fourth-order valence-electron chi connectivity index (χ4n) is 3.02. The van der Waals surface area contributed by atoms with Gasteiger partial charge in [0.25, 0.3) is 5.56 Å². The second-order valence-electron chi connectivity index (χ2n) is 6.98. The molecule has 1 aromatic carbocycles. The van der Waals surface area contributed by atoms with Gasteiger partial charge in [0, 0.05) is 23.6 Å². The van der Waals surface area contributed by atoms with Crippen LogP contribution >= 0.6 is 11.3 Å². The number of aromatic nitrogens is 2. The molecule has 0 spiro atoms. The lowest BCUT2D eigenvalue weighted by atomic mass is 10.0. The number of hydrogen-bond donors (Lipinski definition) is 2. The maximum absolute atomic E-state index is 13.3. The van der Waals surface area contributed by atoms with Gasteiger partial charge in [-0.25, -0.2) is 9.37 Å². The Labute approximate surface area is 160 Å². The molecule has 0 radical (unpaired) electrons. The molecule has 0 saturated carbocycles. The van der Waals surface area contributed by atoms with E-state index in [2.05, 4.69) is 29.1 Å². The number of nitrogens with zero attached hydrogens (tertiary/aromatic N) is 1. The topological polar surface area (TPSA) is 74.8 Å². The summed E-state index contributed by atoms with van der Waals surface area (Å²) in [7, 11) is 0. The number of pyridine rings is 1. The normalized spacial score (nSPS) is 12.4. The number of fused-ring (bicyclic) bond motifs is 1. The van der Waals surface area contributed by atoms with Gasteiger partial charge in [0.1, 0.15) is 10.8 Å². The summed E-state index contributed by atoms with van der Waals surface area (Å²) in [5, 5.41) is 6.56. The molecule has 3 rings (SSSR count). The van der Waals surface area contributed by atoms with Crippen LogP contribution in [0.3, 0.4) is 0 Å². The number of amides is 1. The zero-order chi connectivity index (χ0) is 19.4. The molecule has 0 aliphatic rings. The standard InChI is InChI=1S/C20H22FN3O2S/c1-12(2)9-17(20-22-7-8-27-20)23-18(25)6-4-14-10-13-3-5-15(21)11-16(13)24-19(14)26/h3,5,7-8,10-12,17H,4,6,9H2,1-2H3,(H,23,25)(H,24,26). The highest BCUT2D eigenvalue weighted by atomic mass is 32.1. The number of rotatable bonds is 7. The van der Waals surface area contributed by atoms with Crippen LogP contribution in [-0.2, 0) is 11.2 Å². The number of thiazole rings is 1. The zero-order valence-electron chi connectivity index (χ0n) is 15.3. The monoisotopic (exact) mass is 387 g/mol. The van der Waals surface area contributed by atoms with Crippen LogP contribution in [0.2, 0.25) is 0 Å². The molecule has 0 aliphatic heterocycles. The Balaban J connectivity index is 1.67. The molecular weight excluding hydrogens is 365 g/mol. The van der Waals surface area contributed by atoms with Gasteiger partial charge in [0.15, 0.2) is 0 Å². The average Bonchev–Trinajstić information content (AvgIpc) is 3.13. The number of halogens is 1. The van der Waals surface area contributed by atoms with Crippen molar-refractivity contribution in [3.05, 3.63) is 62.6 Å². The molecule has 1 unspecified atom stereocenters. The number of aromatic amines is 1. The van der Waals surface area contributed by atoms with Crippen LogP contribution in [0.4, 0.5) is 4.39 Å². The van der Waals surface area contributed by atoms with Gasteiger partial charge in [0.2, 0.25) is 5.91 Å². The number of hydrogen-bond acceptors (Lipinski definition) is 4. The Morgan fingerprint density at radius 3 is 2.85 bits per heavy atom. The highest BCUT2D eigenvalue weighted by Crippen LogP contribution is 2.23. The summed E-state index contributed by atoms with van der Waals surface area (Å²) in [6.45, 7) is 4.20. The molecule has 7 heteroatoms. The first-order chi connectivity index (χ1) is 12.9. The van der Waals surface area contributed by atoms with E-state index in [1.807, 2.05) is 5.38 Å². The first kappa shape index (κ1) is 19.2. The molecule has 0 saturated heterocycles. The minimum Gasteiger partial charge on any atom is -0.347 e. The zero-order valence-corrected chi connectivity index (χ0v) is 16.1. The van der Waals surface area contributed by atoms with Gasteiger partial charge in [-0.1, -0.05) is 13.8 Å². The van der Waals surface area contributed by atoms with E-state index in [0.717, 1.165) is 16.8 Å². The van der Waals surface area contributed by atoms with Crippen LogP contribution in [0.15, 0.2) is 40.6 Å². The summed E-state index contributed by atoms with van der Waals surface area (Å²) >= 11 is 1.52. The van der Waals surface area contributed by atoms with Gasteiger partial charge >= 0.3 is 0 Å². The molecule has 0 bridgehead atoms. The molecule has 1 amide bonds. The molecule has 3 aromatic rings. The summed E-state index contributed by atoms with van der Waals surface area (Å²) in [5.41, 5.74) is 0.674. The highest BCUT2D eigenvalue weighted by molar-refractivity contribution is 7.09. The fourth-order valence-corrected chi connectivity index (χ4v) is 3.72. The third kappa shape index (κ3) is 5.01. The smallest absolute Gasteiger partial charge is 0.251 e. The van der Waals surface area contributed by atoms with E-state index in [4.69, 9.17) is 0 Å². The minimum absolute atomic E-state index is 0.115. The molecule has 142 valence electrons. The first-order valence-electron chi connectivity index (χ1n) is 8.92. The average molecular weight is 387 g/mol. The van der Waals surface area contributed by atoms with Gasteiger partial charge in [0.05, 0.1) is 11.6 Å². The largest absolute Gasteiger partial charge is 0.347 e. The molecule has 0 fully saturated rings. The van der Waals surface area contributed by atoms with Crippen LogP contribution in [0.5, 0.6) is 0 Å². The second kappa shape index (κ2) is 8.43. The predicted octanol–water partition coefficient (Wildman–Crippen LogP) is 3.96. The fraction of sp³-hybridized carbons (Fsp3) is 0.350. The molecule has 2 heterocycles. The lowest BCUT2D eigenvalue weighted by molar-refractivity contribution is -0.121. The number of H-pyrrole nitrogens is 1. The highest BCUT2D eigenvalue weighted by Gasteiger charge is 2.18. The molecule has 2 N–H and O–H groups in total. The van der Waals surface area contributed by atoms with E-state index in [9.17, 15) is 14.0 Å². The Hall–Kier alpha value is -2.54. The van der Waals surface area contributed by atoms with Crippen LogP contribution in [0.25, 0.3) is 10.9 Å². The van der Waals surface area contributed by atoms with E-state index in [1.54, 1.807) is 18.3 Å². The van der Waals surface area contributed by atoms with Crippen LogP contribution < -0.4 is 10.9 Å². The lowest BCUT2D eigenvalue weighted by Gasteiger charge is -2.18. The summed E-state index contributed by atoms with van der Waals surface area (Å²) in [6, 6.07) is 5.85. The summed E-state index contributed by atoms with van der Waals surface area (Å²) in [4.78, 5) is 31.6. The Morgan fingerprint density at radius 1 is 1.33 bits per heavy atom. The summed E-state index contributed by atoms with van der Waals surface area (Å²) < 4.78 is 13.3. The van der Waals surface area contributed by atoms with Crippen LogP contribution in [0.1, 0.15) is 43.3 Å². The van der Waals surface area contributed by atoms with Crippen LogP contribution in [0, 0.1) is 11.7 Å². The van der Waals surface area contributed by atoms with Gasteiger partial charge in [-0.2, -0.15) is 0 Å². The van der Waals surface area contributed by atoms with Crippen molar-refractivity contribution < 1.29 is 9.18 Å². The lowest BCUT2D eigenvalue weighted by Crippen LogP contribution is -2.30. The number of carbonyl (C=O) groups excluding carboxylic acids is 1. The number of nitrogens with one attached hydrogen (secondary N) is 2. The Morgan fingerprint density at radius 2 is 2.15 bits per heavy atom. The van der Waals surface area contributed by atoms with Crippen molar-refractivity contribution >= 4 is 28.1 Å². The third-order valence-corrected chi connectivity index (χ3v) is 5.19. The van der Waals surface area contributed by atoms with Crippen molar-refractivity contribution in [3.63, 3.8) is 0 Å². The number of aryl methyl sites for hydroxylation is 1. The summed E-state index contributed by atoms with van der Waals surface area (Å²) in [6.07, 6.45) is 3.06. The molecule has 1 atom stereocenters.